The summed E-state index contributed by atoms with van der Waals surface area (Å²) >= 11 is 6.18. The summed E-state index contributed by atoms with van der Waals surface area (Å²) in [6.07, 6.45) is 0. The molecule has 0 bridgehead atoms. The van der Waals surface area contributed by atoms with Crippen LogP contribution in [0.1, 0.15) is 34.5 Å². The Bertz CT molecular complexity index is 670. The Morgan fingerprint density at radius 2 is 1.90 bits per heavy atom. The van der Waals surface area contributed by atoms with E-state index in [1.165, 1.54) is 6.07 Å². The Morgan fingerprint density at radius 1 is 1.24 bits per heavy atom. The predicted molar refractivity (Wildman–Crippen MR) is 84.8 cm³/mol. The van der Waals surface area contributed by atoms with Crippen LogP contribution < -0.4 is 0 Å². The number of hydrogen-bond acceptors (Lipinski definition) is 2. The van der Waals surface area contributed by atoms with E-state index in [0.29, 0.717) is 10.6 Å². The number of carbonyl (C=O) groups excluding carboxylic acids is 1. The standard InChI is InChI=1S/C17H18ClNO2/c1-11-8-9-13(10-16(11)20)17(21)19(3)12(2)14-6-4-5-7-15(14)18/h4-10,12,20H,1-3H3. The van der Waals surface area contributed by atoms with Crippen molar-refractivity contribution in [3.63, 3.8) is 0 Å². The van der Waals surface area contributed by atoms with Crippen LogP contribution in [0.15, 0.2) is 42.5 Å². The summed E-state index contributed by atoms with van der Waals surface area (Å²) in [5.74, 6) is -0.0302. The van der Waals surface area contributed by atoms with Crippen LogP contribution in [0.25, 0.3) is 0 Å². The van der Waals surface area contributed by atoms with Crippen LogP contribution in [0.4, 0.5) is 0 Å². The number of amides is 1. The summed E-state index contributed by atoms with van der Waals surface area (Å²) in [6, 6.07) is 12.3. The highest BCUT2D eigenvalue weighted by atomic mass is 35.5. The second-order valence-electron chi connectivity index (χ2n) is 5.11. The second-order valence-corrected chi connectivity index (χ2v) is 5.52. The highest BCUT2D eigenvalue weighted by Gasteiger charge is 2.21. The van der Waals surface area contributed by atoms with Crippen LogP contribution in [0.2, 0.25) is 5.02 Å². The molecular formula is C17H18ClNO2. The third-order valence-corrected chi connectivity index (χ3v) is 4.06. The molecule has 1 N–H and O–H groups in total. The Kier molecular flexibility index (Phi) is 4.53. The first-order chi connectivity index (χ1) is 9.91. The van der Waals surface area contributed by atoms with Crippen molar-refractivity contribution in [1.82, 2.24) is 4.90 Å². The third-order valence-electron chi connectivity index (χ3n) is 3.71. The zero-order valence-electron chi connectivity index (χ0n) is 12.3. The number of rotatable bonds is 3. The molecule has 110 valence electrons. The Hall–Kier alpha value is -2.00. The number of aryl methyl sites for hydroxylation is 1. The zero-order chi connectivity index (χ0) is 15.6. The molecule has 3 nitrogen and oxygen atoms in total. The van der Waals surface area contributed by atoms with E-state index in [9.17, 15) is 9.90 Å². The molecule has 0 heterocycles. The van der Waals surface area contributed by atoms with E-state index in [1.807, 2.05) is 31.2 Å². The van der Waals surface area contributed by atoms with E-state index in [0.717, 1.165) is 11.1 Å². The zero-order valence-corrected chi connectivity index (χ0v) is 13.1. The topological polar surface area (TPSA) is 40.5 Å². The molecule has 0 fully saturated rings. The summed E-state index contributed by atoms with van der Waals surface area (Å²) in [4.78, 5) is 14.1. The van der Waals surface area contributed by atoms with Crippen molar-refractivity contribution in [1.29, 1.82) is 0 Å². The van der Waals surface area contributed by atoms with Crippen LogP contribution in [0.3, 0.4) is 0 Å². The molecule has 21 heavy (non-hydrogen) atoms. The first kappa shape index (κ1) is 15.4. The molecule has 1 unspecified atom stereocenters. The molecule has 0 spiro atoms. The molecule has 0 aliphatic rings. The summed E-state index contributed by atoms with van der Waals surface area (Å²) in [6.45, 7) is 3.72. The molecule has 1 atom stereocenters. The lowest BCUT2D eigenvalue weighted by Gasteiger charge is -2.26. The predicted octanol–water partition coefficient (Wildman–Crippen LogP) is 4.19. The molecule has 0 radical (unpaired) electrons. The minimum absolute atomic E-state index is 0.125. The Balaban J connectivity index is 2.26. The average Bonchev–Trinajstić information content (AvgIpc) is 2.48. The summed E-state index contributed by atoms with van der Waals surface area (Å²) in [7, 11) is 1.73. The van der Waals surface area contributed by atoms with E-state index in [4.69, 9.17) is 11.6 Å². The van der Waals surface area contributed by atoms with E-state index in [-0.39, 0.29) is 17.7 Å². The molecule has 1 amide bonds. The Morgan fingerprint density at radius 3 is 2.52 bits per heavy atom. The number of nitrogens with zero attached hydrogens (tertiary/aromatic N) is 1. The fourth-order valence-electron chi connectivity index (χ4n) is 2.14. The van der Waals surface area contributed by atoms with Gasteiger partial charge >= 0.3 is 0 Å². The molecule has 2 aromatic rings. The van der Waals surface area contributed by atoms with Crippen molar-refractivity contribution in [2.24, 2.45) is 0 Å². The van der Waals surface area contributed by atoms with Gasteiger partial charge in [0.25, 0.3) is 5.91 Å². The molecule has 0 aliphatic heterocycles. The van der Waals surface area contributed by atoms with Crippen molar-refractivity contribution >= 4 is 17.5 Å². The highest BCUT2D eigenvalue weighted by Crippen LogP contribution is 2.28. The molecule has 0 saturated carbocycles. The molecule has 2 rings (SSSR count). The Labute approximate surface area is 129 Å². The SMILES string of the molecule is Cc1ccc(C(=O)N(C)C(C)c2ccccc2Cl)cc1O. The smallest absolute Gasteiger partial charge is 0.254 e. The lowest BCUT2D eigenvalue weighted by molar-refractivity contribution is 0.0742. The first-order valence-electron chi connectivity index (χ1n) is 6.73. The fourth-order valence-corrected chi connectivity index (χ4v) is 2.44. The molecule has 0 aromatic heterocycles. The third kappa shape index (κ3) is 3.19. The van der Waals surface area contributed by atoms with Crippen LogP contribution in [-0.2, 0) is 0 Å². The van der Waals surface area contributed by atoms with Gasteiger partial charge in [0.1, 0.15) is 5.75 Å². The van der Waals surface area contributed by atoms with Crippen LogP contribution in [0.5, 0.6) is 5.75 Å². The van der Waals surface area contributed by atoms with Gasteiger partial charge in [-0.05, 0) is 43.2 Å². The maximum absolute atomic E-state index is 12.5. The van der Waals surface area contributed by atoms with Gasteiger partial charge < -0.3 is 10.0 Å². The van der Waals surface area contributed by atoms with Crippen molar-refractivity contribution < 1.29 is 9.90 Å². The summed E-state index contributed by atoms with van der Waals surface area (Å²) in [5, 5.41) is 10.4. The summed E-state index contributed by atoms with van der Waals surface area (Å²) in [5.41, 5.74) is 2.10. The molecular weight excluding hydrogens is 286 g/mol. The van der Waals surface area contributed by atoms with E-state index in [2.05, 4.69) is 0 Å². The second kappa shape index (κ2) is 6.19. The maximum Gasteiger partial charge on any atom is 0.254 e. The normalized spacial score (nSPS) is 12.0. The van der Waals surface area contributed by atoms with Crippen LogP contribution >= 0.6 is 11.6 Å². The number of aromatic hydroxyl groups is 1. The lowest BCUT2D eigenvalue weighted by atomic mass is 10.1. The van der Waals surface area contributed by atoms with E-state index < -0.39 is 0 Å². The molecule has 4 heteroatoms. The van der Waals surface area contributed by atoms with Gasteiger partial charge in [0.05, 0.1) is 6.04 Å². The van der Waals surface area contributed by atoms with Gasteiger partial charge in [-0.15, -0.1) is 0 Å². The monoisotopic (exact) mass is 303 g/mol. The van der Waals surface area contributed by atoms with Gasteiger partial charge in [-0.3, -0.25) is 4.79 Å². The molecule has 2 aromatic carbocycles. The quantitative estimate of drug-likeness (QED) is 0.923. The number of benzene rings is 2. The van der Waals surface area contributed by atoms with Crippen LogP contribution in [0, 0.1) is 6.92 Å². The lowest BCUT2D eigenvalue weighted by Crippen LogP contribution is -2.29. The molecule has 0 aliphatic carbocycles. The number of carbonyl (C=O) groups is 1. The van der Waals surface area contributed by atoms with Crippen molar-refractivity contribution in [2.45, 2.75) is 19.9 Å². The van der Waals surface area contributed by atoms with Crippen LogP contribution in [-0.4, -0.2) is 23.0 Å². The van der Waals surface area contributed by atoms with Gasteiger partial charge in [-0.2, -0.15) is 0 Å². The maximum atomic E-state index is 12.5. The van der Waals surface area contributed by atoms with Gasteiger partial charge in [0.2, 0.25) is 0 Å². The minimum Gasteiger partial charge on any atom is -0.508 e. The first-order valence-corrected chi connectivity index (χ1v) is 7.11. The number of phenols is 1. The average molecular weight is 304 g/mol. The number of hydrogen-bond donors (Lipinski definition) is 1. The van der Waals surface area contributed by atoms with E-state index in [1.54, 1.807) is 31.0 Å². The van der Waals surface area contributed by atoms with Crippen molar-refractivity contribution in [3.8, 4) is 5.75 Å². The van der Waals surface area contributed by atoms with Crippen molar-refractivity contribution in [2.75, 3.05) is 7.05 Å². The van der Waals surface area contributed by atoms with Gasteiger partial charge in [-0.25, -0.2) is 0 Å². The summed E-state index contributed by atoms with van der Waals surface area (Å²) < 4.78 is 0. The van der Waals surface area contributed by atoms with Gasteiger partial charge in [-0.1, -0.05) is 35.9 Å². The number of halogens is 1. The number of phenolic OH excluding ortho intramolecular Hbond substituents is 1. The fraction of sp³-hybridized carbons (Fsp3) is 0.235. The largest absolute Gasteiger partial charge is 0.508 e. The van der Waals surface area contributed by atoms with Gasteiger partial charge in [0.15, 0.2) is 0 Å². The van der Waals surface area contributed by atoms with Crippen molar-refractivity contribution in [3.05, 3.63) is 64.2 Å². The molecule has 0 saturated heterocycles. The van der Waals surface area contributed by atoms with Gasteiger partial charge in [0, 0.05) is 17.6 Å². The minimum atomic E-state index is -0.158. The highest BCUT2D eigenvalue weighted by molar-refractivity contribution is 6.31. The van der Waals surface area contributed by atoms with E-state index >= 15 is 0 Å².